The Bertz CT molecular complexity index is 1130. The van der Waals surface area contributed by atoms with E-state index >= 15 is 0 Å². The van der Waals surface area contributed by atoms with Gasteiger partial charge < -0.3 is 4.55 Å². The Labute approximate surface area is 139 Å². The average molecular weight is 335 g/mol. The topological polar surface area (TPSA) is 61.3 Å². The summed E-state index contributed by atoms with van der Waals surface area (Å²) in [5, 5.41) is 2.04. The molecule has 0 saturated heterocycles. The van der Waals surface area contributed by atoms with Gasteiger partial charge in [-0.2, -0.15) is 4.40 Å². The van der Waals surface area contributed by atoms with Crippen LogP contribution in [0.25, 0.3) is 27.4 Å². The number of rotatable bonds is 2. The highest BCUT2D eigenvalue weighted by molar-refractivity contribution is 7.85. The Kier molecular flexibility index (Phi) is 3.33. The SMILES string of the molecule is O=S(=O)([O-])c1cccc(-c2c3ccccc3c[n+]3ccccc23)c1. The first kappa shape index (κ1) is 14.8. The molecule has 4 nitrogen and oxygen atoms in total. The van der Waals surface area contributed by atoms with Crippen LogP contribution in [0.5, 0.6) is 0 Å². The molecule has 2 aromatic carbocycles. The molecule has 0 N–H and O–H groups in total. The third kappa shape index (κ3) is 2.44. The number of hydrogen-bond acceptors (Lipinski definition) is 3. The highest BCUT2D eigenvalue weighted by Crippen LogP contribution is 2.31. The average Bonchev–Trinajstić information content (AvgIpc) is 2.59. The zero-order valence-corrected chi connectivity index (χ0v) is 13.4. The van der Waals surface area contributed by atoms with Crippen LogP contribution in [0.2, 0.25) is 0 Å². The molecule has 2 heterocycles. The Hall–Kier alpha value is -2.76. The minimum Gasteiger partial charge on any atom is -0.744 e. The Balaban J connectivity index is 2.15. The second kappa shape index (κ2) is 5.40. The molecule has 0 bridgehead atoms. The lowest BCUT2D eigenvalue weighted by atomic mass is 9.98. The molecule has 0 fully saturated rings. The van der Waals surface area contributed by atoms with Crippen molar-refractivity contribution in [2.24, 2.45) is 0 Å². The molecular weight excluding hydrogens is 322 g/mol. The van der Waals surface area contributed by atoms with Gasteiger partial charge in [-0.15, -0.1) is 0 Å². The summed E-state index contributed by atoms with van der Waals surface area (Å²) in [5.41, 5.74) is 2.54. The molecule has 0 aliphatic carbocycles. The standard InChI is InChI=1S/C19H13NO3S/c21-24(22,23)16-8-5-7-14(12-16)19-17-9-2-1-6-15(17)13-20-11-4-3-10-18(19)20/h1-13H. The first-order valence-electron chi connectivity index (χ1n) is 7.42. The molecule has 0 atom stereocenters. The highest BCUT2D eigenvalue weighted by atomic mass is 32.2. The lowest BCUT2D eigenvalue weighted by Gasteiger charge is -2.11. The summed E-state index contributed by atoms with van der Waals surface area (Å²) in [5.74, 6) is 0. The van der Waals surface area contributed by atoms with Crippen molar-refractivity contribution in [1.29, 1.82) is 0 Å². The minimum absolute atomic E-state index is 0.220. The number of aromatic nitrogens is 1. The quantitative estimate of drug-likeness (QED) is 0.321. The summed E-state index contributed by atoms with van der Waals surface area (Å²) in [6.07, 6.45) is 3.97. The minimum atomic E-state index is -4.50. The third-order valence-corrected chi connectivity index (χ3v) is 4.90. The van der Waals surface area contributed by atoms with E-state index in [9.17, 15) is 13.0 Å². The Morgan fingerprint density at radius 2 is 1.67 bits per heavy atom. The van der Waals surface area contributed by atoms with E-state index in [2.05, 4.69) is 0 Å². The third-order valence-electron chi connectivity index (χ3n) is 4.07. The molecule has 0 aliphatic heterocycles. The maximum Gasteiger partial charge on any atom is 0.219 e. The van der Waals surface area contributed by atoms with Gasteiger partial charge in [-0.05, 0) is 29.8 Å². The summed E-state index contributed by atoms with van der Waals surface area (Å²) in [6, 6.07) is 19.9. The zero-order chi connectivity index (χ0) is 16.7. The fourth-order valence-electron chi connectivity index (χ4n) is 3.02. The smallest absolute Gasteiger partial charge is 0.219 e. The van der Waals surface area contributed by atoms with Gasteiger partial charge in [0, 0.05) is 22.9 Å². The first-order valence-corrected chi connectivity index (χ1v) is 8.83. The molecule has 5 heteroatoms. The van der Waals surface area contributed by atoms with Crippen LogP contribution >= 0.6 is 0 Å². The van der Waals surface area contributed by atoms with Crippen LogP contribution in [0.4, 0.5) is 0 Å². The fourth-order valence-corrected chi connectivity index (χ4v) is 3.53. The van der Waals surface area contributed by atoms with E-state index in [1.54, 1.807) is 6.07 Å². The van der Waals surface area contributed by atoms with Crippen molar-refractivity contribution < 1.29 is 17.4 Å². The predicted octanol–water partition coefficient (Wildman–Crippen LogP) is 3.15. The normalized spacial score (nSPS) is 11.9. The van der Waals surface area contributed by atoms with Crippen LogP contribution in [0.1, 0.15) is 0 Å². The number of benzene rings is 2. The lowest BCUT2D eigenvalue weighted by molar-refractivity contribution is -0.509. The molecule has 0 aliphatic rings. The molecule has 0 saturated carbocycles. The van der Waals surface area contributed by atoms with Gasteiger partial charge in [-0.25, -0.2) is 8.42 Å². The maximum atomic E-state index is 11.4. The van der Waals surface area contributed by atoms with Gasteiger partial charge in [0.25, 0.3) is 0 Å². The number of fused-ring (bicyclic) bond motifs is 2. The molecule has 0 unspecified atom stereocenters. The maximum absolute atomic E-state index is 11.4. The number of hydrogen-bond donors (Lipinski definition) is 0. The zero-order valence-electron chi connectivity index (χ0n) is 12.6. The van der Waals surface area contributed by atoms with E-state index in [0.29, 0.717) is 5.56 Å². The van der Waals surface area contributed by atoms with Crippen molar-refractivity contribution in [2.75, 3.05) is 0 Å². The van der Waals surface area contributed by atoms with E-state index in [0.717, 1.165) is 21.9 Å². The first-order chi connectivity index (χ1) is 11.5. The molecule has 0 spiro atoms. The molecule has 0 amide bonds. The second-order valence-corrected chi connectivity index (χ2v) is 6.95. The molecule has 118 valence electrons. The van der Waals surface area contributed by atoms with E-state index in [-0.39, 0.29) is 4.90 Å². The van der Waals surface area contributed by atoms with Gasteiger partial charge >= 0.3 is 0 Å². The monoisotopic (exact) mass is 335 g/mol. The molecule has 4 aromatic rings. The number of nitrogens with zero attached hydrogens (tertiary/aromatic N) is 1. The van der Waals surface area contributed by atoms with Gasteiger partial charge in [-0.3, -0.25) is 0 Å². The van der Waals surface area contributed by atoms with Crippen LogP contribution in [-0.2, 0) is 10.1 Å². The second-order valence-electron chi connectivity index (χ2n) is 5.57. The number of pyridine rings is 2. The Morgan fingerprint density at radius 1 is 0.875 bits per heavy atom. The van der Waals surface area contributed by atoms with E-state index in [1.165, 1.54) is 12.1 Å². The summed E-state index contributed by atoms with van der Waals surface area (Å²) >= 11 is 0. The van der Waals surface area contributed by atoms with Crippen molar-refractivity contribution in [2.45, 2.75) is 4.90 Å². The van der Waals surface area contributed by atoms with E-state index in [4.69, 9.17) is 0 Å². The van der Waals surface area contributed by atoms with Gasteiger partial charge in [0.05, 0.1) is 10.5 Å². The largest absolute Gasteiger partial charge is 0.744 e. The summed E-state index contributed by atoms with van der Waals surface area (Å²) in [6.45, 7) is 0. The molecule has 24 heavy (non-hydrogen) atoms. The van der Waals surface area contributed by atoms with Gasteiger partial charge in [-0.1, -0.05) is 30.3 Å². The molecule has 2 aromatic heterocycles. The highest BCUT2D eigenvalue weighted by Gasteiger charge is 2.16. The van der Waals surface area contributed by atoms with Crippen molar-refractivity contribution in [1.82, 2.24) is 0 Å². The Morgan fingerprint density at radius 3 is 2.50 bits per heavy atom. The van der Waals surface area contributed by atoms with Crippen molar-refractivity contribution >= 4 is 26.4 Å². The van der Waals surface area contributed by atoms with E-state index in [1.807, 2.05) is 65.3 Å². The van der Waals surface area contributed by atoms with Crippen LogP contribution in [0.3, 0.4) is 0 Å². The van der Waals surface area contributed by atoms with Crippen LogP contribution in [0, 0.1) is 0 Å². The van der Waals surface area contributed by atoms with Crippen molar-refractivity contribution in [3.63, 3.8) is 0 Å². The van der Waals surface area contributed by atoms with E-state index < -0.39 is 10.1 Å². The molecule has 4 rings (SSSR count). The van der Waals surface area contributed by atoms with Crippen LogP contribution < -0.4 is 4.40 Å². The van der Waals surface area contributed by atoms with Gasteiger partial charge in [0.1, 0.15) is 10.1 Å². The fraction of sp³-hybridized carbons (Fsp3) is 0. The van der Waals surface area contributed by atoms with Crippen LogP contribution in [0.15, 0.2) is 84.0 Å². The van der Waals surface area contributed by atoms with Gasteiger partial charge in [0.2, 0.25) is 5.52 Å². The van der Waals surface area contributed by atoms with Gasteiger partial charge in [0.15, 0.2) is 12.4 Å². The molecule has 0 radical (unpaired) electrons. The molecular formula is C19H13NO3S. The summed E-state index contributed by atoms with van der Waals surface area (Å²) < 4.78 is 36.1. The predicted molar refractivity (Wildman–Crippen MR) is 90.5 cm³/mol. The van der Waals surface area contributed by atoms with Crippen LogP contribution in [-0.4, -0.2) is 13.0 Å². The summed E-state index contributed by atoms with van der Waals surface area (Å²) in [7, 11) is -4.50. The van der Waals surface area contributed by atoms with Crippen molar-refractivity contribution in [3.8, 4) is 11.1 Å². The lowest BCUT2D eigenvalue weighted by Crippen LogP contribution is -2.21. The van der Waals surface area contributed by atoms with Crippen molar-refractivity contribution in [3.05, 3.63) is 79.1 Å². The summed E-state index contributed by atoms with van der Waals surface area (Å²) in [4.78, 5) is -0.220.